The zero-order chi connectivity index (χ0) is 22.8. The van der Waals surface area contributed by atoms with Gasteiger partial charge in [-0.1, -0.05) is 33.6 Å². The van der Waals surface area contributed by atoms with Crippen molar-refractivity contribution < 1.29 is 20.1 Å². The summed E-state index contributed by atoms with van der Waals surface area (Å²) in [6.45, 7) is 10.2. The van der Waals surface area contributed by atoms with Gasteiger partial charge in [-0.15, -0.1) is 0 Å². The molecule has 3 fully saturated rings. The highest BCUT2D eigenvalue weighted by Gasteiger charge is 2.66. The van der Waals surface area contributed by atoms with E-state index in [0.717, 1.165) is 44.1 Å². The van der Waals surface area contributed by atoms with E-state index in [1.54, 1.807) is 13.8 Å². The largest absolute Gasteiger partial charge is 0.393 e. The van der Waals surface area contributed by atoms with Gasteiger partial charge in [0.1, 0.15) is 0 Å². The Bertz CT molecular complexity index is 751. The maximum absolute atomic E-state index is 13.2. The van der Waals surface area contributed by atoms with Crippen LogP contribution in [-0.4, -0.2) is 38.4 Å². The number of rotatable bonds is 5. The average Bonchev–Trinajstić information content (AvgIpc) is 2.97. The van der Waals surface area contributed by atoms with E-state index in [2.05, 4.69) is 20.8 Å². The van der Waals surface area contributed by atoms with Crippen molar-refractivity contribution in [2.75, 3.05) is 0 Å². The minimum atomic E-state index is -0.939. The molecule has 0 radical (unpaired) electrons. The van der Waals surface area contributed by atoms with Crippen LogP contribution in [0.25, 0.3) is 0 Å². The first-order valence-corrected chi connectivity index (χ1v) is 12.7. The summed E-state index contributed by atoms with van der Waals surface area (Å²) >= 11 is 0. The highest BCUT2D eigenvalue weighted by molar-refractivity contribution is 5.94. The molecule has 176 valence electrons. The zero-order valence-corrected chi connectivity index (χ0v) is 20.3. The van der Waals surface area contributed by atoms with Crippen LogP contribution in [0.15, 0.2) is 11.6 Å². The number of aliphatic hydroxyl groups is 3. The van der Waals surface area contributed by atoms with Crippen molar-refractivity contribution >= 4 is 5.78 Å². The molecule has 8 atom stereocenters. The summed E-state index contributed by atoms with van der Waals surface area (Å²) in [6.07, 6.45) is 10.5. The predicted molar refractivity (Wildman–Crippen MR) is 122 cm³/mol. The Hall–Kier alpha value is -0.710. The quantitative estimate of drug-likeness (QED) is 0.583. The molecule has 0 aromatic heterocycles. The van der Waals surface area contributed by atoms with Gasteiger partial charge in [-0.2, -0.15) is 0 Å². The van der Waals surface area contributed by atoms with E-state index in [1.807, 2.05) is 6.08 Å². The summed E-state index contributed by atoms with van der Waals surface area (Å²) in [5, 5.41) is 33.2. The van der Waals surface area contributed by atoms with Gasteiger partial charge >= 0.3 is 0 Å². The van der Waals surface area contributed by atoms with Gasteiger partial charge < -0.3 is 15.3 Å². The third-order valence-corrected chi connectivity index (χ3v) is 10.4. The normalized spacial score (nSPS) is 44.7. The highest BCUT2D eigenvalue weighted by Crippen LogP contribution is 2.68. The van der Waals surface area contributed by atoms with E-state index in [4.69, 9.17) is 0 Å². The van der Waals surface area contributed by atoms with E-state index in [0.29, 0.717) is 25.2 Å². The van der Waals surface area contributed by atoms with E-state index in [1.165, 1.54) is 6.42 Å². The lowest BCUT2D eigenvalue weighted by Crippen LogP contribution is -2.59. The molecule has 0 aromatic rings. The molecular formula is C27H44O4. The van der Waals surface area contributed by atoms with Gasteiger partial charge in [0.15, 0.2) is 5.78 Å². The van der Waals surface area contributed by atoms with Crippen LogP contribution in [0.1, 0.15) is 98.8 Å². The van der Waals surface area contributed by atoms with Crippen LogP contribution in [0.5, 0.6) is 0 Å². The summed E-state index contributed by atoms with van der Waals surface area (Å²) in [4.78, 5) is 13.2. The molecule has 4 aliphatic rings. The summed E-state index contributed by atoms with van der Waals surface area (Å²) in [5.41, 5.74) is -1.02. The molecule has 2 unspecified atom stereocenters. The Morgan fingerprint density at radius 1 is 1.10 bits per heavy atom. The number of allylic oxidation sites excluding steroid dienone is 1. The Labute approximate surface area is 188 Å². The number of carbonyl (C=O) groups excluding carboxylic acids is 1. The van der Waals surface area contributed by atoms with Crippen molar-refractivity contribution in [1.29, 1.82) is 0 Å². The predicted octanol–water partition coefficient (Wildman–Crippen LogP) is 4.80. The van der Waals surface area contributed by atoms with Crippen molar-refractivity contribution in [1.82, 2.24) is 0 Å². The standard InChI is InChI=1S/C27H44O4/c1-17(22(28)11-13-24(2,3)30)18-10-15-27(31)21-16-23(29)20-8-6-7-12-25(20,4)19(21)9-14-26(18,27)5/h16-20,22,28,30-31H,6-15H2,1-5H3/t17?,18-,19?,20+,22-,25-,26-,27-/m1/s1. The molecular weight excluding hydrogens is 388 g/mol. The van der Waals surface area contributed by atoms with Crippen LogP contribution in [0.3, 0.4) is 0 Å². The van der Waals surface area contributed by atoms with Crippen molar-refractivity contribution in [3.05, 3.63) is 11.6 Å². The van der Waals surface area contributed by atoms with Crippen LogP contribution in [0.2, 0.25) is 0 Å². The maximum atomic E-state index is 13.2. The summed E-state index contributed by atoms with van der Waals surface area (Å²) in [7, 11) is 0. The Morgan fingerprint density at radius 3 is 2.48 bits per heavy atom. The molecule has 4 aliphatic carbocycles. The minimum absolute atomic E-state index is 0.00754. The molecule has 3 saturated carbocycles. The van der Waals surface area contributed by atoms with Crippen LogP contribution < -0.4 is 0 Å². The molecule has 0 saturated heterocycles. The van der Waals surface area contributed by atoms with Crippen LogP contribution in [-0.2, 0) is 4.79 Å². The third-order valence-electron chi connectivity index (χ3n) is 10.4. The van der Waals surface area contributed by atoms with Crippen LogP contribution in [0.4, 0.5) is 0 Å². The van der Waals surface area contributed by atoms with Crippen molar-refractivity contribution in [2.45, 2.75) is 116 Å². The highest BCUT2D eigenvalue weighted by atomic mass is 16.3. The van der Waals surface area contributed by atoms with Gasteiger partial charge in [-0.25, -0.2) is 0 Å². The number of aliphatic hydroxyl groups excluding tert-OH is 1. The summed E-state index contributed by atoms with van der Waals surface area (Å²) in [5.74, 6) is 0.942. The fraction of sp³-hybridized carbons (Fsp3) is 0.889. The Balaban J connectivity index is 1.61. The molecule has 0 amide bonds. The van der Waals surface area contributed by atoms with Gasteiger partial charge in [0.25, 0.3) is 0 Å². The van der Waals surface area contributed by atoms with Crippen molar-refractivity contribution in [2.24, 2.45) is 34.5 Å². The lowest BCUT2D eigenvalue weighted by atomic mass is 9.46. The van der Waals surface area contributed by atoms with E-state index in [-0.39, 0.29) is 34.4 Å². The van der Waals surface area contributed by atoms with Crippen LogP contribution >= 0.6 is 0 Å². The number of ketones is 1. The average molecular weight is 433 g/mol. The van der Waals surface area contributed by atoms with Crippen molar-refractivity contribution in [3.8, 4) is 0 Å². The third kappa shape index (κ3) is 3.56. The molecule has 4 heteroatoms. The second-order valence-corrected chi connectivity index (χ2v) is 12.6. The molecule has 3 N–H and O–H groups in total. The first-order chi connectivity index (χ1) is 14.3. The van der Waals surface area contributed by atoms with Crippen LogP contribution in [0, 0.1) is 34.5 Å². The van der Waals surface area contributed by atoms with E-state index in [9.17, 15) is 20.1 Å². The van der Waals surface area contributed by atoms with Gasteiger partial charge in [0.2, 0.25) is 0 Å². The molecule has 0 aliphatic heterocycles. The van der Waals surface area contributed by atoms with Gasteiger partial charge in [0, 0.05) is 11.3 Å². The minimum Gasteiger partial charge on any atom is -0.393 e. The monoisotopic (exact) mass is 432 g/mol. The molecule has 31 heavy (non-hydrogen) atoms. The zero-order valence-electron chi connectivity index (χ0n) is 20.3. The fourth-order valence-corrected chi connectivity index (χ4v) is 8.31. The van der Waals surface area contributed by atoms with Gasteiger partial charge in [-0.3, -0.25) is 4.79 Å². The van der Waals surface area contributed by atoms with E-state index >= 15 is 0 Å². The molecule has 4 rings (SSSR count). The molecule has 0 heterocycles. The molecule has 4 nitrogen and oxygen atoms in total. The number of hydrogen-bond acceptors (Lipinski definition) is 4. The smallest absolute Gasteiger partial charge is 0.159 e. The van der Waals surface area contributed by atoms with Crippen molar-refractivity contribution in [3.63, 3.8) is 0 Å². The number of hydrogen-bond donors (Lipinski definition) is 3. The maximum Gasteiger partial charge on any atom is 0.159 e. The summed E-state index contributed by atoms with van der Waals surface area (Å²) in [6, 6.07) is 0. The molecule has 0 spiro atoms. The SMILES string of the molecule is CC([C@H](O)CCC(C)(C)O)[C@H]1CC[C@@]2(O)C3=CC(=O)[C@@H]4CCCC[C@]4(C)C3CC[C@]12C. The molecule has 0 aromatic carbocycles. The Morgan fingerprint density at radius 2 is 1.81 bits per heavy atom. The number of carbonyl (C=O) groups is 1. The molecule has 0 bridgehead atoms. The number of fused-ring (bicyclic) bond motifs is 5. The fourth-order valence-electron chi connectivity index (χ4n) is 8.31. The van der Waals surface area contributed by atoms with Gasteiger partial charge in [-0.05, 0) is 100 Å². The van der Waals surface area contributed by atoms with E-state index < -0.39 is 17.3 Å². The lowest BCUT2D eigenvalue weighted by Gasteiger charge is -2.59. The Kier molecular flexibility index (Phi) is 5.80. The second-order valence-electron chi connectivity index (χ2n) is 12.6. The lowest BCUT2D eigenvalue weighted by molar-refractivity contribution is -0.138. The second kappa shape index (κ2) is 7.67. The first-order valence-electron chi connectivity index (χ1n) is 12.7. The summed E-state index contributed by atoms with van der Waals surface area (Å²) < 4.78 is 0. The topological polar surface area (TPSA) is 77.8 Å². The first kappa shape index (κ1) is 23.4. The van der Waals surface area contributed by atoms with Gasteiger partial charge in [0.05, 0.1) is 17.3 Å².